The zero-order chi connectivity index (χ0) is 25.8. The van der Waals surface area contributed by atoms with Crippen molar-refractivity contribution in [3.8, 4) is 16.9 Å². The zero-order valence-corrected chi connectivity index (χ0v) is 21.4. The fraction of sp³-hybridized carbons (Fsp3) is 0.107. The summed E-state index contributed by atoms with van der Waals surface area (Å²) in [4.78, 5) is 12.7. The number of hydrogen-bond donors (Lipinski definition) is 1. The molecular formula is C28H23Cl2N5O2. The van der Waals surface area contributed by atoms with Gasteiger partial charge < -0.3 is 10.1 Å². The summed E-state index contributed by atoms with van der Waals surface area (Å²) in [5.74, 6) is 0.752. The molecule has 0 unspecified atom stereocenters. The van der Waals surface area contributed by atoms with Gasteiger partial charge in [0, 0.05) is 33.6 Å². The van der Waals surface area contributed by atoms with Crippen LogP contribution in [-0.2, 0) is 13.3 Å². The Bertz CT molecular complexity index is 1510. The Kier molecular flexibility index (Phi) is 7.25. The Morgan fingerprint density at radius 1 is 0.892 bits per heavy atom. The third kappa shape index (κ3) is 5.85. The van der Waals surface area contributed by atoms with Crippen molar-refractivity contribution < 1.29 is 9.53 Å². The first-order valence-corrected chi connectivity index (χ1v) is 12.3. The lowest BCUT2D eigenvalue weighted by molar-refractivity contribution is 0.101. The van der Waals surface area contributed by atoms with Crippen molar-refractivity contribution in [2.24, 2.45) is 0 Å². The normalized spacial score (nSPS) is 10.9. The Morgan fingerprint density at radius 2 is 1.59 bits per heavy atom. The second-order valence-corrected chi connectivity index (χ2v) is 9.20. The van der Waals surface area contributed by atoms with Gasteiger partial charge >= 0.3 is 0 Å². The molecule has 0 aliphatic carbocycles. The molecule has 0 fully saturated rings. The van der Waals surface area contributed by atoms with Crippen LogP contribution in [0.4, 0.5) is 5.82 Å². The molecule has 186 valence electrons. The maximum atomic E-state index is 12.7. The second kappa shape index (κ2) is 10.9. The predicted octanol–water partition coefficient (Wildman–Crippen LogP) is 6.70. The number of anilines is 1. The van der Waals surface area contributed by atoms with Crippen LogP contribution in [0.1, 0.15) is 21.7 Å². The molecule has 0 aliphatic rings. The highest BCUT2D eigenvalue weighted by molar-refractivity contribution is 6.36. The molecule has 2 heterocycles. The van der Waals surface area contributed by atoms with Gasteiger partial charge in [0.25, 0.3) is 5.91 Å². The number of ether oxygens (including phenoxy) is 1. The summed E-state index contributed by atoms with van der Waals surface area (Å²) in [6.07, 6.45) is 1.69. The fourth-order valence-electron chi connectivity index (χ4n) is 3.81. The summed E-state index contributed by atoms with van der Waals surface area (Å²) >= 11 is 12.6. The van der Waals surface area contributed by atoms with Gasteiger partial charge in [-0.3, -0.25) is 9.48 Å². The van der Waals surface area contributed by atoms with Gasteiger partial charge in [-0.1, -0.05) is 71.7 Å². The highest BCUT2D eigenvalue weighted by atomic mass is 35.5. The molecule has 3 aromatic carbocycles. The fourth-order valence-corrected chi connectivity index (χ4v) is 4.33. The van der Waals surface area contributed by atoms with Gasteiger partial charge in [-0.15, -0.1) is 0 Å². The number of benzene rings is 3. The first-order chi connectivity index (χ1) is 18.0. The van der Waals surface area contributed by atoms with Crippen LogP contribution in [-0.4, -0.2) is 25.5 Å². The monoisotopic (exact) mass is 531 g/mol. The van der Waals surface area contributed by atoms with Gasteiger partial charge in [0.05, 0.1) is 6.54 Å². The van der Waals surface area contributed by atoms with Gasteiger partial charge in [0.1, 0.15) is 5.75 Å². The molecule has 0 saturated carbocycles. The summed E-state index contributed by atoms with van der Waals surface area (Å²) in [7, 11) is 0. The predicted molar refractivity (Wildman–Crippen MR) is 145 cm³/mol. The minimum Gasteiger partial charge on any atom is -0.471 e. The van der Waals surface area contributed by atoms with Crippen LogP contribution in [0, 0.1) is 6.92 Å². The van der Waals surface area contributed by atoms with E-state index in [1.807, 2.05) is 49.4 Å². The molecule has 7 nitrogen and oxygen atoms in total. The highest BCUT2D eigenvalue weighted by Gasteiger charge is 2.14. The lowest BCUT2D eigenvalue weighted by atomic mass is 10.1. The maximum Gasteiger partial charge on any atom is 0.277 e. The third-order valence-electron chi connectivity index (χ3n) is 5.79. The molecule has 2 aromatic heterocycles. The zero-order valence-electron chi connectivity index (χ0n) is 19.9. The average molecular weight is 532 g/mol. The van der Waals surface area contributed by atoms with Gasteiger partial charge in [-0.25, -0.2) is 4.68 Å². The summed E-state index contributed by atoms with van der Waals surface area (Å²) in [6, 6.07) is 26.7. The first kappa shape index (κ1) is 24.6. The molecule has 9 heteroatoms. The van der Waals surface area contributed by atoms with E-state index in [4.69, 9.17) is 27.9 Å². The van der Waals surface area contributed by atoms with Crippen molar-refractivity contribution in [1.82, 2.24) is 19.6 Å². The smallest absolute Gasteiger partial charge is 0.277 e. The van der Waals surface area contributed by atoms with E-state index in [2.05, 4.69) is 27.6 Å². The number of rotatable bonds is 8. The van der Waals surface area contributed by atoms with E-state index in [1.54, 1.807) is 45.9 Å². The summed E-state index contributed by atoms with van der Waals surface area (Å²) in [5.41, 5.74) is 4.12. The lowest BCUT2D eigenvalue weighted by Crippen LogP contribution is -2.15. The molecule has 5 aromatic rings. The number of aromatic nitrogens is 4. The molecule has 1 N–H and O–H groups in total. The van der Waals surface area contributed by atoms with Crippen molar-refractivity contribution in [3.05, 3.63) is 118 Å². The van der Waals surface area contributed by atoms with E-state index in [1.165, 1.54) is 0 Å². The van der Waals surface area contributed by atoms with Gasteiger partial charge in [0.2, 0.25) is 0 Å². The molecule has 0 spiro atoms. The topological polar surface area (TPSA) is 74.0 Å². The Balaban J connectivity index is 1.18. The van der Waals surface area contributed by atoms with Crippen LogP contribution in [0.25, 0.3) is 11.1 Å². The van der Waals surface area contributed by atoms with Crippen molar-refractivity contribution in [1.29, 1.82) is 0 Å². The quantitative estimate of drug-likeness (QED) is 0.241. The third-order valence-corrected chi connectivity index (χ3v) is 6.50. The minimum absolute atomic E-state index is 0.171. The molecule has 37 heavy (non-hydrogen) atoms. The van der Waals surface area contributed by atoms with E-state index < -0.39 is 0 Å². The number of nitrogens with zero attached hydrogens (tertiary/aromatic N) is 4. The molecule has 1 amide bonds. The summed E-state index contributed by atoms with van der Waals surface area (Å²) in [5, 5.41) is 12.7. The van der Waals surface area contributed by atoms with E-state index >= 15 is 0 Å². The van der Waals surface area contributed by atoms with Crippen molar-refractivity contribution in [3.63, 3.8) is 0 Å². The molecule has 0 atom stereocenters. The molecule has 0 aliphatic heterocycles. The SMILES string of the molecule is Cc1cc(NC(=O)c2ccn(COc3ccc(-c4ccccc4)cc3)n2)nn1Cc1c(Cl)cccc1Cl. The lowest BCUT2D eigenvalue weighted by Gasteiger charge is -2.08. The van der Waals surface area contributed by atoms with Crippen molar-refractivity contribution in [2.45, 2.75) is 20.2 Å². The number of halogens is 2. The number of carbonyl (C=O) groups is 1. The van der Waals surface area contributed by atoms with Gasteiger partial charge in [0.15, 0.2) is 18.2 Å². The average Bonchev–Trinajstić information content (AvgIpc) is 3.52. The van der Waals surface area contributed by atoms with E-state index in [0.717, 1.165) is 22.4 Å². The first-order valence-electron chi connectivity index (χ1n) is 11.6. The second-order valence-electron chi connectivity index (χ2n) is 8.39. The van der Waals surface area contributed by atoms with E-state index in [9.17, 15) is 4.79 Å². The van der Waals surface area contributed by atoms with Crippen LogP contribution in [0.5, 0.6) is 5.75 Å². The van der Waals surface area contributed by atoms with Crippen LogP contribution in [0.2, 0.25) is 10.0 Å². The van der Waals surface area contributed by atoms with E-state index in [-0.39, 0.29) is 18.3 Å². The molecule has 0 radical (unpaired) electrons. The van der Waals surface area contributed by atoms with Crippen molar-refractivity contribution in [2.75, 3.05) is 5.32 Å². The number of hydrogen-bond acceptors (Lipinski definition) is 4. The summed E-state index contributed by atoms with van der Waals surface area (Å²) < 4.78 is 9.11. The maximum absolute atomic E-state index is 12.7. The summed E-state index contributed by atoms with van der Waals surface area (Å²) in [6.45, 7) is 2.45. The van der Waals surface area contributed by atoms with Crippen LogP contribution in [0.3, 0.4) is 0 Å². The highest BCUT2D eigenvalue weighted by Crippen LogP contribution is 2.26. The number of aryl methyl sites for hydroxylation is 1. The van der Waals surface area contributed by atoms with Crippen molar-refractivity contribution >= 4 is 34.9 Å². The number of carbonyl (C=O) groups excluding carboxylic acids is 1. The Hall–Kier alpha value is -4.07. The van der Waals surface area contributed by atoms with Gasteiger partial charge in [-0.05, 0) is 48.4 Å². The standard InChI is InChI=1S/C28H23Cl2N5O2/c1-19-16-27(33-35(19)17-23-24(29)8-5-9-25(23)30)31-28(36)26-14-15-34(32-26)18-37-22-12-10-21(11-13-22)20-6-3-2-4-7-20/h2-16H,17-18H2,1H3,(H,31,33,36). The molecule has 0 saturated heterocycles. The molecule has 0 bridgehead atoms. The van der Waals surface area contributed by atoms with Crippen LogP contribution in [0.15, 0.2) is 91.1 Å². The minimum atomic E-state index is -0.369. The Morgan fingerprint density at radius 3 is 2.32 bits per heavy atom. The number of amides is 1. The van der Waals surface area contributed by atoms with Crippen LogP contribution < -0.4 is 10.1 Å². The van der Waals surface area contributed by atoms with Crippen LogP contribution >= 0.6 is 23.2 Å². The molecule has 5 rings (SSSR count). The molecular weight excluding hydrogens is 509 g/mol. The van der Waals surface area contributed by atoms with Gasteiger partial charge in [-0.2, -0.15) is 10.2 Å². The number of nitrogens with one attached hydrogen (secondary N) is 1. The largest absolute Gasteiger partial charge is 0.471 e. The van der Waals surface area contributed by atoms with E-state index in [0.29, 0.717) is 28.2 Å². The Labute approximate surface area is 224 Å².